The van der Waals surface area contributed by atoms with Gasteiger partial charge < -0.3 is 9.64 Å². The minimum atomic E-state index is -3.44. The minimum absolute atomic E-state index is 0.0335. The molecule has 1 saturated heterocycles. The van der Waals surface area contributed by atoms with Crippen LogP contribution in [-0.4, -0.2) is 44.9 Å². The van der Waals surface area contributed by atoms with Crippen LogP contribution in [0.15, 0.2) is 30.3 Å². The summed E-state index contributed by atoms with van der Waals surface area (Å²) in [5.74, 6) is 0. The van der Waals surface area contributed by atoms with Crippen molar-refractivity contribution in [2.24, 2.45) is 0 Å². The number of ether oxygens (including phenoxy) is 1. The maximum atomic E-state index is 12.3. The highest BCUT2D eigenvalue weighted by molar-refractivity contribution is 7.85. The molecule has 0 aromatic heterocycles. The molecular weight excluding hydrogens is 318 g/mol. The maximum Gasteiger partial charge on any atom is 0.410 e. The van der Waals surface area contributed by atoms with E-state index in [4.69, 9.17) is 8.92 Å². The Morgan fingerprint density at radius 1 is 1.26 bits per heavy atom. The van der Waals surface area contributed by atoms with Crippen LogP contribution in [0.25, 0.3) is 0 Å². The first-order chi connectivity index (χ1) is 11.0. The van der Waals surface area contributed by atoms with Crippen molar-refractivity contribution in [2.45, 2.75) is 38.3 Å². The van der Waals surface area contributed by atoms with E-state index in [0.29, 0.717) is 13.0 Å². The van der Waals surface area contributed by atoms with Crippen molar-refractivity contribution < 1.29 is 22.1 Å². The molecule has 1 heterocycles. The number of hydrogen-bond donors (Lipinski definition) is 0. The van der Waals surface area contributed by atoms with Crippen LogP contribution >= 0.6 is 0 Å². The van der Waals surface area contributed by atoms with Gasteiger partial charge >= 0.3 is 6.09 Å². The van der Waals surface area contributed by atoms with Crippen molar-refractivity contribution in [1.29, 1.82) is 0 Å². The summed E-state index contributed by atoms with van der Waals surface area (Å²) >= 11 is 0. The number of likely N-dealkylation sites (tertiary alicyclic amines) is 1. The van der Waals surface area contributed by atoms with E-state index >= 15 is 0 Å². The first-order valence-corrected chi connectivity index (χ1v) is 9.59. The summed E-state index contributed by atoms with van der Waals surface area (Å²) in [6.07, 6.45) is 3.97. The van der Waals surface area contributed by atoms with Gasteiger partial charge in [0.15, 0.2) is 0 Å². The van der Waals surface area contributed by atoms with Crippen LogP contribution in [0.2, 0.25) is 0 Å². The third-order valence-electron chi connectivity index (χ3n) is 3.82. The lowest BCUT2D eigenvalue weighted by atomic mass is 10.0. The summed E-state index contributed by atoms with van der Waals surface area (Å²) in [4.78, 5) is 14.0. The summed E-state index contributed by atoms with van der Waals surface area (Å²) < 4.78 is 32.2. The van der Waals surface area contributed by atoms with Gasteiger partial charge in [0.2, 0.25) is 0 Å². The third kappa shape index (κ3) is 6.19. The predicted molar refractivity (Wildman–Crippen MR) is 86.4 cm³/mol. The Kier molecular flexibility index (Phi) is 6.41. The molecule has 0 radical (unpaired) electrons. The molecule has 23 heavy (non-hydrogen) atoms. The average molecular weight is 341 g/mol. The number of benzene rings is 1. The van der Waals surface area contributed by atoms with E-state index in [1.54, 1.807) is 4.90 Å². The summed E-state index contributed by atoms with van der Waals surface area (Å²) in [5.41, 5.74) is 0.940. The lowest BCUT2D eigenvalue weighted by molar-refractivity contribution is 0.0626. The molecule has 7 heteroatoms. The van der Waals surface area contributed by atoms with Crippen molar-refractivity contribution in [1.82, 2.24) is 4.90 Å². The van der Waals surface area contributed by atoms with E-state index in [2.05, 4.69) is 0 Å². The minimum Gasteiger partial charge on any atom is -0.445 e. The highest BCUT2D eigenvalue weighted by Gasteiger charge is 2.27. The van der Waals surface area contributed by atoms with Gasteiger partial charge in [0.05, 0.1) is 12.9 Å². The second-order valence-electron chi connectivity index (χ2n) is 5.70. The Morgan fingerprint density at radius 2 is 2.00 bits per heavy atom. The lowest BCUT2D eigenvalue weighted by Gasteiger charge is -2.34. The zero-order chi connectivity index (χ0) is 16.7. The Balaban J connectivity index is 1.85. The normalized spacial score (nSPS) is 18.7. The van der Waals surface area contributed by atoms with Gasteiger partial charge in [0.1, 0.15) is 6.61 Å². The molecule has 1 atom stereocenters. The Hall–Kier alpha value is -1.60. The molecule has 1 amide bonds. The zero-order valence-electron chi connectivity index (χ0n) is 13.3. The molecule has 6 nitrogen and oxygen atoms in total. The molecule has 0 bridgehead atoms. The molecule has 0 N–H and O–H groups in total. The van der Waals surface area contributed by atoms with Crippen LogP contribution in [0.1, 0.15) is 31.2 Å². The fourth-order valence-corrected chi connectivity index (χ4v) is 3.08. The Labute approximate surface area is 137 Å². The number of carbonyl (C=O) groups excluding carboxylic acids is 1. The van der Waals surface area contributed by atoms with E-state index in [1.165, 1.54) is 0 Å². The second-order valence-corrected chi connectivity index (χ2v) is 7.34. The molecule has 0 spiro atoms. The molecular formula is C16H23NO5S. The Morgan fingerprint density at radius 3 is 2.70 bits per heavy atom. The quantitative estimate of drug-likeness (QED) is 0.744. The average Bonchev–Trinajstić information content (AvgIpc) is 2.53. The van der Waals surface area contributed by atoms with E-state index in [9.17, 15) is 13.2 Å². The van der Waals surface area contributed by atoms with Crippen LogP contribution in [0.4, 0.5) is 4.79 Å². The van der Waals surface area contributed by atoms with Gasteiger partial charge in [-0.1, -0.05) is 30.3 Å². The number of amides is 1. The second kappa shape index (κ2) is 8.31. The topological polar surface area (TPSA) is 72.9 Å². The first-order valence-electron chi connectivity index (χ1n) is 7.77. The van der Waals surface area contributed by atoms with E-state index in [-0.39, 0.29) is 25.3 Å². The molecule has 1 aromatic rings. The number of rotatable bonds is 6. The maximum absolute atomic E-state index is 12.3. The van der Waals surface area contributed by atoms with Crippen LogP contribution in [0.5, 0.6) is 0 Å². The SMILES string of the molecule is CS(=O)(=O)OCC[C@H]1CCCCN1C(=O)OCc1ccccc1. The van der Waals surface area contributed by atoms with Crippen LogP contribution in [-0.2, 0) is 25.6 Å². The molecule has 1 aliphatic heterocycles. The van der Waals surface area contributed by atoms with Gasteiger partial charge in [-0.3, -0.25) is 4.18 Å². The molecule has 0 saturated carbocycles. The monoisotopic (exact) mass is 341 g/mol. The zero-order valence-corrected chi connectivity index (χ0v) is 14.1. The number of nitrogens with zero attached hydrogens (tertiary/aromatic N) is 1. The van der Waals surface area contributed by atoms with Crippen molar-refractivity contribution in [3.63, 3.8) is 0 Å². The first kappa shape index (κ1) is 17.7. The fraction of sp³-hybridized carbons (Fsp3) is 0.562. The smallest absolute Gasteiger partial charge is 0.410 e. The van der Waals surface area contributed by atoms with Gasteiger partial charge in [-0.15, -0.1) is 0 Å². The van der Waals surface area contributed by atoms with E-state index < -0.39 is 10.1 Å². The van der Waals surface area contributed by atoms with Crippen molar-refractivity contribution >= 4 is 16.2 Å². The summed E-state index contributed by atoms with van der Waals surface area (Å²) in [6.45, 7) is 0.964. The standard InChI is InChI=1S/C16H23NO5S/c1-23(19,20)22-12-10-15-9-5-6-11-17(15)16(18)21-13-14-7-3-2-4-8-14/h2-4,7-8,15H,5-6,9-13H2,1H3/t15-/m1/s1. The molecule has 1 aliphatic rings. The van der Waals surface area contributed by atoms with Gasteiger partial charge in [-0.2, -0.15) is 8.42 Å². The molecule has 1 fully saturated rings. The van der Waals surface area contributed by atoms with Crippen LogP contribution in [0, 0.1) is 0 Å². The Bertz CT molecular complexity index is 602. The number of piperidine rings is 1. The van der Waals surface area contributed by atoms with Gasteiger partial charge in [-0.05, 0) is 31.2 Å². The largest absolute Gasteiger partial charge is 0.445 e. The van der Waals surface area contributed by atoms with E-state index in [0.717, 1.165) is 31.1 Å². The molecule has 2 rings (SSSR count). The van der Waals surface area contributed by atoms with Crippen molar-refractivity contribution in [3.8, 4) is 0 Å². The number of hydrogen-bond acceptors (Lipinski definition) is 5. The van der Waals surface area contributed by atoms with Gasteiger partial charge in [0, 0.05) is 12.6 Å². The molecule has 128 valence electrons. The summed E-state index contributed by atoms with van der Waals surface area (Å²) in [7, 11) is -3.44. The van der Waals surface area contributed by atoms with Gasteiger partial charge in [-0.25, -0.2) is 4.79 Å². The van der Waals surface area contributed by atoms with Crippen molar-refractivity contribution in [3.05, 3.63) is 35.9 Å². The number of carbonyl (C=O) groups is 1. The summed E-state index contributed by atoms with van der Waals surface area (Å²) in [5, 5.41) is 0. The fourth-order valence-electron chi connectivity index (χ4n) is 2.68. The van der Waals surface area contributed by atoms with Crippen molar-refractivity contribution in [2.75, 3.05) is 19.4 Å². The predicted octanol–water partition coefficient (Wildman–Crippen LogP) is 2.54. The third-order valence-corrected chi connectivity index (χ3v) is 4.41. The molecule has 0 aliphatic carbocycles. The lowest BCUT2D eigenvalue weighted by Crippen LogP contribution is -2.44. The highest BCUT2D eigenvalue weighted by atomic mass is 32.2. The van der Waals surface area contributed by atoms with E-state index in [1.807, 2.05) is 30.3 Å². The molecule has 0 unspecified atom stereocenters. The summed E-state index contributed by atoms with van der Waals surface area (Å²) in [6, 6.07) is 9.48. The van der Waals surface area contributed by atoms with Crippen LogP contribution in [0.3, 0.4) is 0 Å². The highest BCUT2D eigenvalue weighted by Crippen LogP contribution is 2.21. The van der Waals surface area contributed by atoms with Crippen LogP contribution < -0.4 is 0 Å². The van der Waals surface area contributed by atoms with Gasteiger partial charge in [0.25, 0.3) is 10.1 Å². The molecule has 1 aromatic carbocycles.